The highest BCUT2D eigenvalue weighted by Gasteiger charge is 2.44. The molecule has 2 aliphatic rings. The fourth-order valence-electron chi connectivity index (χ4n) is 3.85. The summed E-state index contributed by atoms with van der Waals surface area (Å²) < 4.78 is 10.7. The second-order valence-corrected chi connectivity index (χ2v) is 8.81. The summed E-state index contributed by atoms with van der Waals surface area (Å²) in [6.45, 7) is 2.97. The second-order valence-electron chi connectivity index (χ2n) is 7.77. The number of carbonyl (C=O) groups excluding carboxylic acids is 3. The van der Waals surface area contributed by atoms with Crippen molar-refractivity contribution in [1.82, 2.24) is 5.32 Å². The van der Waals surface area contributed by atoms with Gasteiger partial charge in [-0.2, -0.15) is 0 Å². The quantitative estimate of drug-likeness (QED) is 0.679. The van der Waals surface area contributed by atoms with Crippen molar-refractivity contribution in [3.8, 4) is 17.4 Å². The highest BCUT2D eigenvalue weighted by molar-refractivity contribution is 7.14. The summed E-state index contributed by atoms with van der Waals surface area (Å²) in [5, 5.41) is 5.87. The molecule has 1 unspecified atom stereocenters. The van der Waals surface area contributed by atoms with Crippen LogP contribution in [0.1, 0.15) is 29.7 Å². The minimum Gasteiger partial charge on any atom is -0.399 e. The first-order chi connectivity index (χ1) is 15.4. The first-order valence-corrected chi connectivity index (χ1v) is 11.1. The Bertz CT molecular complexity index is 1100. The summed E-state index contributed by atoms with van der Waals surface area (Å²) >= 11 is 1.16. The first-order valence-electron chi connectivity index (χ1n) is 10.3. The number of rotatable bonds is 5. The Labute approximate surface area is 189 Å². The number of nitrogens with one attached hydrogen (secondary N) is 2. The monoisotopic (exact) mass is 453 g/mol. The molecule has 2 fully saturated rings. The van der Waals surface area contributed by atoms with Gasteiger partial charge in [-0.05, 0) is 49.2 Å². The van der Waals surface area contributed by atoms with Crippen LogP contribution >= 0.6 is 11.3 Å². The summed E-state index contributed by atoms with van der Waals surface area (Å²) in [6.07, 6.45) is 6.29. The maximum atomic E-state index is 13.1. The van der Waals surface area contributed by atoms with Gasteiger partial charge < -0.3 is 25.0 Å². The zero-order valence-electron chi connectivity index (χ0n) is 17.6. The van der Waals surface area contributed by atoms with E-state index in [1.54, 1.807) is 23.1 Å². The fourth-order valence-corrected chi connectivity index (χ4v) is 4.52. The number of amides is 3. The number of ether oxygens (including phenoxy) is 2. The van der Waals surface area contributed by atoms with Crippen LogP contribution in [0.5, 0.6) is 5.06 Å². The van der Waals surface area contributed by atoms with Gasteiger partial charge in [0.1, 0.15) is 5.54 Å². The number of thiophene rings is 1. The van der Waals surface area contributed by atoms with E-state index in [-0.39, 0.29) is 12.5 Å². The van der Waals surface area contributed by atoms with E-state index in [0.717, 1.165) is 29.0 Å². The molecule has 166 valence electrons. The molecule has 0 radical (unpaired) electrons. The number of nitrogens with zero attached hydrogens (tertiary/aromatic N) is 1. The van der Waals surface area contributed by atoms with E-state index >= 15 is 0 Å². The lowest BCUT2D eigenvalue weighted by Gasteiger charge is -2.27. The van der Waals surface area contributed by atoms with Crippen molar-refractivity contribution in [3.63, 3.8) is 0 Å². The van der Waals surface area contributed by atoms with Crippen molar-refractivity contribution < 1.29 is 23.9 Å². The Morgan fingerprint density at radius 1 is 1.31 bits per heavy atom. The van der Waals surface area contributed by atoms with Crippen LogP contribution in [0.4, 0.5) is 16.2 Å². The predicted molar refractivity (Wildman–Crippen MR) is 121 cm³/mol. The van der Waals surface area contributed by atoms with E-state index < -0.39 is 17.5 Å². The number of benzene rings is 1. The molecule has 4 rings (SSSR count). The number of hydrogen-bond acceptors (Lipinski definition) is 6. The zero-order valence-corrected chi connectivity index (χ0v) is 18.4. The molecule has 1 aromatic carbocycles. The molecule has 2 aliphatic heterocycles. The molecule has 2 N–H and O–H groups in total. The second kappa shape index (κ2) is 9.02. The summed E-state index contributed by atoms with van der Waals surface area (Å²) in [7, 11) is 0. The van der Waals surface area contributed by atoms with Gasteiger partial charge in [0.2, 0.25) is 5.91 Å². The molecule has 0 spiro atoms. The average molecular weight is 454 g/mol. The molecule has 8 nitrogen and oxygen atoms in total. The van der Waals surface area contributed by atoms with Crippen LogP contribution in [0.3, 0.4) is 0 Å². The van der Waals surface area contributed by atoms with Crippen molar-refractivity contribution >= 4 is 40.6 Å². The summed E-state index contributed by atoms with van der Waals surface area (Å²) in [5.41, 5.74) is 1.04. The van der Waals surface area contributed by atoms with E-state index in [1.807, 2.05) is 19.1 Å². The number of hydrogen-bond donors (Lipinski definition) is 2. The lowest BCUT2D eigenvalue weighted by atomic mass is 9.97. The third-order valence-corrected chi connectivity index (χ3v) is 6.43. The summed E-state index contributed by atoms with van der Waals surface area (Å²) in [6, 6.07) is 8.67. The van der Waals surface area contributed by atoms with Crippen LogP contribution < -0.4 is 20.3 Å². The average Bonchev–Trinajstić information content (AvgIpc) is 3.50. The van der Waals surface area contributed by atoms with E-state index in [9.17, 15) is 14.4 Å². The van der Waals surface area contributed by atoms with Crippen LogP contribution in [0.25, 0.3) is 0 Å². The number of terminal acetylenes is 1. The van der Waals surface area contributed by atoms with Gasteiger partial charge in [-0.15, -0.1) is 6.42 Å². The van der Waals surface area contributed by atoms with Gasteiger partial charge in [0, 0.05) is 37.4 Å². The van der Waals surface area contributed by atoms with Crippen LogP contribution in [0.15, 0.2) is 30.3 Å². The maximum Gasteiger partial charge on any atom is 0.414 e. The molecule has 1 aromatic heterocycles. The van der Waals surface area contributed by atoms with Crippen molar-refractivity contribution in [2.75, 3.05) is 30.0 Å². The first kappa shape index (κ1) is 21.9. The molecule has 3 amide bonds. The number of carbonyl (C=O) groups is 3. The fraction of sp³-hybridized carbons (Fsp3) is 0.348. The topological polar surface area (TPSA) is 97.0 Å². The molecule has 1 atom stereocenters. The highest BCUT2D eigenvalue weighted by Crippen LogP contribution is 2.29. The van der Waals surface area contributed by atoms with Crippen molar-refractivity contribution in [1.29, 1.82) is 0 Å². The number of anilines is 2. The predicted octanol–water partition coefficient (Wildman–Crippen LogP) is 3.05. The zero-order chi connectivity index (χ0) is 22.7. The number of aryl methyl sites for hydroxylation is 1. The third kappa shape index (κ3) is 4.47. The molecule has 0 saturated carbocycles. The Morgan fingerprint density at radius 3 is 2.78 bits per heavy atom. The van der Waals surface area contributed by atoms with E-state index in [1.165, 1.54) is 0 Å². The van der Waals surface area contributed by atoms with E-state index in [2.05, 4.69) is 16.6 Å². The lowest BCUT2D eigenvalue weighted by molar-refractivity contribution is -0.122. The van der Waals surface area contributed by atoms with Crippen LogP contribution in [0, 0.1) is 19.3 Å². The highest BCUT2D eigenvalue weighted by atomic mass is 32.1. The van der Waals surface area contributed by atoms with Crippen molar-refractivity contribution in [2.45, 2.75) is 31.7 Å². The molecular weight excluding hydrogens is 430 g/mol. The van der Waals surface area contributed by atoms with E-state index in [4.69, 9.17) is 15.9 Å². The molecule has 2 aromatic rings. The molecule has 0 aliphatic carbocycles. The van der Waals surface area contributed by atoms with Gasteiger partial charge in [0.15, 0.2) is 5.06 Å². The normalized spacial score (nSPS) is 20.1. The summed E-state index contributed by atoms with van der Waals surface area (Å²) in [5.74, 6) is 2.19. The molecule has 32 heavy (non-hydrogen) atoms. The van der Waals surface area contributed by atoms with Crippen LogP contribution in [-0.4, -0.2) is 43.2 Å². The van der Waals surface area contributed by atoms with Crippen molar-refractivity contribution in [3.05, 3.63) is 40.8 Å². The Hall–Kier alpha value is -3.35. The lowest BCUT2D eigenvalue weighted by Crippen LogP contribution is -2.58. The Morgan fingerprint density at radius 2 is 2.16 bits per heavy atom. The Kier molecular flexibility index (Phi) is 6.17. The van der Waals surface area contributed by atoms with Gasteiger partial charge in [-0.25, -0.2) is 4.79 Å². The third-order valence-electron chi connectivity index (χ3n) is 5.53. The van der Waals surface area contributed by atoms with Gasteiger partial charge in [-0.3, -0.25) is 9.59 Å². The minimum atomic E-state index is -1.25. The van der Waals surface area contributed by atoms with Gasteiger partial charge in [0.25, 0.3) is 5.91 Å². The molecule has 9 heteroatoms. The Balaban J connectivity index is 1.45. The smallest absolute Gasteiger partial charge is 0.399 e. The van der Waals surface area contributed by atoms with Gasteiger partial charge in [0.05, 0.1) is 11.5 Å². The van der Waals surface area contributed by atoms with Crippen LogP contribution in [-0.2, 0) is 14.3 Å². The largest absolute Gasteiger partial charge is 0.414 e. The molecule has 3 heterocycles. The molecule has 2 saturated heterocycles. The molecule has 0 bridgehead atoms. The summed E-state index contributed by atoms with van der Waals surface area (Å²) in [4.78, 5) is 40.0. The minimum absolute atomic E-state index is 0.0350. The van der Waals surface area contributed by atoms with E-state index in [0.29, 0.717) is 41.6 Å². The van der Waals surface area contributed by atoms with Gasteiger partial charge in [-0.1, -0.05) is 17.3 Å². The maximum absolute atomic E-state index is 13.1. The standard InChI is InChI=1S/C23H23N3O5S/c1-3-17-7-9-20(32-17)31-22(29)25-23(10-12-30-14-23)21(28)24-16-6-8-18(15(2)13-16)26-11-4-5-19(26)27/h1,6-9,13H,4-5,10-12,14H2,2H3,(H,24,28)(H,25,29). The SMILES string of the molecule is C#Cc1ccc(OC(=O)NC2(C(=O)Nc3ccc(N4CCCC4=O)c(C)c3)CCOC2)s1. The van der Waals surface area contributed by atoms with Crippen LogP contribution in [0.2, 0.25) is 0 Å². The van der Waals surface area contributed by atoms with Crippen molar-refractivity contribution in [2.24, 2.45) is 0 Å². The molecular formula is C23H23N3O5S. The van der Waals surface area contributed by atoms with Gasteiger partial charge >= 0.3 is 6.09 Å².